The van der Waals surface area contributed by atoms with E-state index in [0.717, 1.165) is 4.90 Å². The average Bonchev–Trinajstić information content (AvgIpc) is 2.68. The summed E-state index contributed by atoms with van der Waals surface area (Å²) in [5.74, 6) is -0.363. The van der Waals surface area contributed by atoms with Gasteiger partial charge in [0.1, 0.15) is 11.6 Å². The SMILES string of the molecule is Cc1cc(CSc2cccc(F)c2)oc1C(=O)O. The first-order valence-corrected chi connectivity index (χ1v) is 6.26. The molecule has 0 saturated heterocycles. The van der Waals surface area contributed by atoms with E-state index in [9.17, 15) is 9.18 Å². The molecule has 0 aliphatic carbocycles. The molecule has 1 N–H and O–H groups in total. The second-order valence-corrected chi connectivity index (χ2v) is 4.82. The fourth-order valence-corrected chi connectivity index (χ4v) is 2.36. The summed E-state index contributed by atoms with van der Waals surface area (Å²) in [7, 11) is 0. The van der Waals surface area contributed by atoms with E-state index in [1.165, 1.54) is 23.9 Å². The van der Waals surface area contributed by atoms with Crippen LogP contribution in [0.4, 0.5) is 4.39 Å². The number of carbonyl (C=O) groups is 1. The van der Waals surface area contributed by atoms with Gasteiger partial charge in [-0.25, -0.2) is 9.18 Å². The highest BCUT2D eigenvalue weighted by Gasteiger charge is 2.14. The molecule has 0 saturated carbocycles. The molecule has 3 nitrogen and oxygen atoms in total. The van der Waals surface area contributed by atoms with Crippen molar-refractivity contribution >= 4 is 17.7 Å². The van der Waals surface area contributed by atoms with Gasteiger partial charge in [0.2, 0.25) is 5.76 Å². The van der Waals surface area contributed by atoms with Crippen LogP contribution in [-0.2, 0) is 5.75 Å². The molecule has 0 unspecified atom stereocenters. The molecule has 94 valence electrons. The number of thioether (sulfide) groups is 1. The van der Waals surface area contributed by atoms with Crippen LogP contribution in [0.3, 0.4) is 0 Å². The van der Waals surface area contributed by atoms with Crippen LogP contribution in [-0.4, -0.2) is 11.1 Å². The van der Waals surface area contributed by atoms with Crippen molar-refractivity contribution in [2.24, 2.45) is 0 Å². The minimum Gasteiger partial charge on any atom is -0.475 e. The van der Waals surface area contributed by atoms with Gasteiger partial charge in [-0.1, -0.05) is 6.07 Å². The largest absolute Gasteiger partial charge is 0.475 e. The van der Waals surface area contributed by atoms with E-state index in [-0.39, 0.29) is 11.6 Å². The van der Waals surface area contributed by atoms with Crippen LogP contribution in [0.15, 0.2) is 39.6 Å². The molecule has 2 aromatic rings. The Morgan fingerprint density at radius 3 is 2.83 bits per heavy atom. The highest BCUT2D eigenvalue weighted by molar-refractivity contribution is 7.98. The first-order valence-electron chi connectivity index (χ1n) is 5.27. The molecule has 0 radical (unpaired) electrons. The molecule has 2 rings (SSSR count). The number of aromatic carboxylic acids is 1. The summed E-state index contributed by atoms with van der Waals surface area (Å²) in [5.41, 5.74) is 0.595. The van der Waals surface area contributed by atoms with Crippen LogP contribution in [0.2, 0.25) is 0 Å². The van der Waals surface area contributed by atoms with E-state index in [4.69, 9.17) is 9.52 Å². The summed E-state index contributed by atoms with van der Waals surface area (Å²) in [6.45, 7) is 1.68. The van der Waals surface area contributed by atoms with Gasteiger partial charge in [0.05, 0.1) is 5.75 Å². The molecular weight excluding hydrogens is 255 g/mol. The van der Waals surface area contributed by atoms with E-state index < -0.39 is 5.97 Å². The third-order valence-corrected chi connectivity index (χ3v) is 3.36. The Bertz CT molecular complexity index is 577. The van der Waals surface area contributed by atoms with E-state index in [2.05, 4.69) is 0 Å². The molecule has 0 bridgehead atoms. The lowest BCUT2D eigenvalue weighted by molar-refractivity contribution is 0.0659. The van der Waals surface area contributed by atoms with Crippen molar-refractivity contribution in [1.29, 1.82) is 0 Å². The van der Waals surface area contributed by atoms with Crippen molar-refractivity contribution in [2.45, 2.75) is 17.6 Å². The van der Waals surface area contributed by atoms with Gasteiger partial charge >= 0.3 is 5.97 Å². The van der Waals surface area contributed by atoms with Gasteiger partial charge in [0, 0.05) is 10.5 Å². The van der Waals surface area contributed by atoms with E-state index in [1.807, 2.05) is 0 Å². The molecule has 5 heteroatoms. The maximum Gasteiger partial charge on any atom is 0.372 e. The fraction of sp³-hybridized carbons (Fsp3) is 0.154. The number of benzene rings is 1. The number of rotatable bonds is 4. The summed E-state index contributed by atoms with van der Waals surface area (Å²) >= 11 is 1.39. The van der Waals surface area contributed by atoms with Gasteiger partial charge in [-0.15, -0.1) is 11.8 Å². The van der Waals surface area contributed by atoms with Gasteiger partial charge in [-0.05, 0) is 31.2 Å². The van der Waals surface area contributed by atoms with E-state index in [0.29, 0.717) is 17.1 Å². The maximum atomic E-state index is 13.0. The minimum absolute atomic E-state index is 0.0372. The zero-order valence-electron chi connectivity index (χ0n) is 9.64. The molecule has 0 atom stereocenters. The van der Waals surface area contributed by atoms with E-state index >= 15 is 0 Å². The zero-order chi connectivity index (χ0) is 13.1. The standard InChI is InChI=1S/C13H11FO3S/c1-8-5-10(17-12(8)13(15)16)7-18-11-4-2-3-9(14)6-11/h2-6H,7H2,1H3,(H,15,16). The Morgan fingerprint density at radius 1 is 1.44 bits per heavy atom. The molecule has 1 aromatic carbocycles. The van der Waals surface area contributed by atoms with Crippen LogP contribution >= 0.6 is 11.8 Å². The highest BCUT2D eigenvalue weighted by atomic mass is 32.2. The minimum atomic E-state index is -1.07. The molecule has 0 aliphatic heterocycles. The quantitative estimate of drug-likeness (QED) is 0.857. The zero-order valence-corrected chi connectivity index (χ0v) is 10.5. The Kier molecular flexibility index (Phi) is 3.72. The summed E-state index contributed by atoms with van der Waals surface area (Å²) < 4.78 is 18.2. The first-order chi connectivity index (χ1) is 8.56. The summed E-state index contributed by atoms with van der Waals surface area (Å²) in [6.07, 6.45) is 0. The predicted octanol–water partition coefficient (Wildman–Crippen LogP) is 3.72. The number of halogens is 1. The maximum absolute atomic E-state index is 13.0. The van der Waals surface area contributed by atoms with E-state index in [1.54, 1.807) is 25.1 Å². The lowest BCUT2D eigenvalue weighted by Gasteiger charge is -1.99. The van der Waals surface area contributed by atoms with Crippen molar-refractivity contribution in [2.75, 3.05) is 0 Å². The van der Waals surface area contributed by atoms with Crippen LogP contribution in [0.25, 0.3) is 0 Å². The van der Waals surface area contributed by atoms with Crippen molar-refractivity contribution in [1.82, 2.24) is 0 Å². The Labute approximate surface area is 108 Å². The topological polar surface area (TPSA) is 50.4 Å². The van der Waals surface area contributed by atoms with Crippen LogP contribution < -0.4 is 0 Å². The van der Waals surface area contributed by atoms with Gasteiger partial charge in [-0.3, -0.25) is 0 Å². The second-order valence-electron chi connectivity index (χ2n) is 3.78. The third kappa shape index (κ3) is 2.92. The molecule has 1 heterocycles. The lowest BCUT2D eigenvalue weighted by Crippen LogP contribution is -1.94. The number of carboxylic acid groups (broad SMARTS) is 1. The van der Waals surface area contributed by atoms with Gasteiger partial charge < -0.3 is 9.52 Å². The normalized spacial score (nSPS) is 10.6. The van der Waals surface area contributed by atoms with Gasteiger partial charge in [0.25, 0.3) is 0 Å². The Hall–Kier alpha value is -1.75. The predicted molar refractivity (Wildman–Crippen MR) is 66.4 cm³/mol. The molecule has 0 amide bonds. The fourth-order valence-electron chi connectivity index (χ4n) is 1.54. The highest BCUT2D eigenvalue weighted by Crippen LogP contribution is 2.25. The monoisotopic (exact) mass is 266 g/mol. The number of aryl methyl sites for hydroxylation is 1. The van der Waals surface area contributed by atoms with Gasteiger partial charge in [-0.2, -0.15) is 0 Å². The number of furan rings is 1. The second kappa shape index (κ2) is 5.27. The van der Waals surface area contributed by atoms with Gasteiger partial charge in [0.15, 0.2) is 0 Å². The van der Waals surface area contributed by atoms with Crippen molar-refractivity contribution in [3.05, 3.63) is 53.2 Å². The van der Waals surface area contributed by atoms with Crippen LogP contribution in [0.5, 0.6) is 0 Å². The number of hydrogen-bond acceptors (Lipinski definition) is 3. The summed E-state index contributed by atoms with van der Waals surface area (Å²) in [4.78, 5) is 11.6. The van der Waals surface area contributed by atoms with Crippen molar-refractivity contribution in [3.8, 4) is 0 Å². The number of hydrogen-bond donors (Lipinski definition) is 1. The molecule has 0 spiro atoms. The molecule has 0 fully saturated rings. The Morgan fingerprint density at radius 2 is 2.22 bits per heavy atom. The first kappa shape index (κ1) is 12.7. The molecular formula is C13H11FO3S. The third-order valence-electron chi connectivity index (χ3n) is 2.34. The average molecular weight is 266 g/mol. The molecule has 1 aromatic heterocycles. The van der Waals surface area contributed by atoms with Crippen molar-refractivity contribution in [3.63, 3.8) is 0 Å². The summed E-state index contributed by atoms with van der Waals surface area (Å²) in [6, 6.07) is 7.92. The summed E-state index contributed by atoms with van der Waals surface area (Å²) in [5, 5.41) is 8.85. The van der Waals surface area contributed by atoms with Crippen molar-refractivity contribution < 1.29 is 18.7 Å². The number of carboxylic acids is 1. The molecule has 18 heavy (non-hydrogen) atoms. The smallest absolute Gasteiger partial charge is 0.372 e. The van der Waals surface area contributed by atoms with Crippen LogP contribution in [0, 0.1) is 12.7 Å². The Balaban J connectivity index is 2.06. The lowest BCUT2D eigenvalue weighted by atomic mass is 10.3. The molecule has 0 aliphatic rings. The van der Waals surface area contributed by atoms with Crippen LogP contribution in [0.1, 0.15) is 21.9 Å².